The number of rotatable bonds is 2. The van der Waals surface area contributed by atoms with E-state index in [1.807, 2.05) is 42.5 Å². The number of nitrogens with zero attached hydrogens (tertiary/aromatic N) is 1. The molecule has 2 aromatic carbocycles. The minimum atomic E-state index is -0.422. The van der Waals surface area contributed by atoms with E-state index in [-0.39, 0.29) is 5.82 Å². The molecule has 2 N–H and O–H groups in total. The van der Waals surface area contributed by atoms with E-state index in [1.165, 1.54) is 6.07 Å². The topological polar surface area (TPSA) is 38.9 Å². The van der Waals surface area contributed by atoms with Crippen LogP contribution in [0.5, 0.6) is 0 Å². The summed E-state index contributed by atoms with van der Waals surface area (Å²) in [6.07, 6.45) is 0. The van der Waals surface area contributed by atoms with Gasteiger partial charge in [0, 0.05) is 5.39 Å². The van der Waals surface area contributed by atoms with Gasteiger partial charge < -0.3 is 5.73 Å². The third-order valence-electron chi connectivity index (χ3n) is 3.49. The second-order valence-electron chi connectivity index (χ2n) is 4.92. The zero-order valence-corrected chi connectivity index (χ0v) is 11.2. The van der Waals surface area contributed by atoms with Crippen LogP contribution in [0, 0.1) is 12.7 Å². The zero-order valence-electron chi connectivity index (χ0n) is 11.2. The van der Waals surface area contributed by atoms with Gasteiger partial charge in [-0.3, -0.25) is 4.98 Å². The summed E-state index contributed by atoms with van der Waals surface area (Å²) >= 11 is 0. The van der Waals surface area contributed by atoms with Gasteiger partial charge in [-0.1, -0.05) is 36.4 Å². The van der Waals surface area contributed by atoms with Crippen LogP contribution >= 0.6 is 0 Å². The van der Waals surface area contributed by atoms with Crippen molar-refractivity contribution in [2.45, 2.75) is 13.0 Å². The van der Waals surface area contributed by atoms with Crippen molar-refractivity contribution in [3.8, 4) is 0 Å². The molecule has 3 rings (SSSR count). The molecule has 20 heavy (non-hydrogen) atoms. The largest absolute Gasteiger partial charge is 0.319 e. The highest BCUT2D eigenvalue weighted by atomic mass is 19.1. The number of nitrogens with two attached hydrogens (primary N) is 1. The molecule has 0 bridgehead atoms. The predicted molar refractivity (Wildman–Crippen MR) is 78.9 cm³/mol. The van der Waals surface area contributed by atoms with E-state index in [4.69, 9.17) is 5.73 Å². The molecule has 0 saturated heterocycles. The summed E-state index contributed by atoms with van der Waals surface area (Å²) in [5, 5.41) is 1.07. The quantitative estimate of drug-likeness (QED) is 0.767. The first-order valence-corrected chi connectivity index (χ1v) is 6.52. The lowest BCUT2D eigenvalue weighted by Gasteiger charge is -2.13. The second-order valence-corrected chi connectivity index (χ2v) is 4.92. The highest BCUT2D eigenvalue weighted by Gasteiger charge is 2.12. The summed E-state index contributed by atoms with van der Waals surface area (Å²) in [7, 11) is 0. The first-order chi connectivity index (χ1) is 9.65. The number of para-hydroxylation sites is 1. The zero-order chi connectivity index (χ0) is 14.1. The van der Waals surface area contributed by atoms with E-state index >= 15 is 0 Å². The normalized spacial score (nSPS) is 12.6. The van der Waals surface area contributed by atoms with Crippen molar-refractivity contribution in [1.82, 2.24) is 4.98 Å². The van der Waals surface area contributed by atoms with E-state index in [0.29, 0.717) is 5.56 Å². The average molecular weight is 266 g/mol. The molecule has 0 spiro atoms. The minimum absolute atomic E-state index is 0.237. The number of aromatic nitrogens is 1. The van der Waals surface area contributed by atoms with E-state index in [9.17, 15) is 4.39 Å². The van der Waals surface area contributed by atoms with E-state index in [0.717, 1.165) is 22.2 Å². The van der Waals surface area contributed by atoms with Crippen molar-refractivity contribution >= 4 is 10.9 Å². The molecule has 1 unspecified atom stereocenters. The Bertz CT molecular complexity index is 768. The molecule has 0 radical (unpaired) electrons. The van der Waals surface area contributed by atoms with Crippen LogP contribution in [-0.2, 0) is 0 Å². The highest BCUT2D eigenvalue weighted by molar-refractivity contribution is 5.78. The third kappa shape index (κ3) is 2.28. The number of pyridine rings is 1. The maximum atomic E-state index is 13.6. The van der Waals surface area contributed by atoms with Crippen molar-refractivity contribution in [2.75, 3.05) is 0 Å². The number of aryl methyl sites for hydroxylation is 1. The molecule has 1 heterocycles. The molecule has 0 aliphatic rings. The molecule has 0 amide bonds. The molecular weight excluding hydrogens is 251 g/mol. The molecule has 100 valence electrons. The SMILES string of the molecule is Cc1ccc(C(N)c2ccc3ccccc3n2)cc1F. The second kappa shape index (κ2) is 5.02. The lowest BCUT2D eigenvalue weighted by Crippen LogP contribution is -2.14. The van der Waals surface area contributed by atoms with E-state index in [2.05, 4.69) is 4.98 Å². The van der Waals surface area contributed by atoms with Crippen LogP contribution in [0.25, 0.3) is 10.9 Å². The van der Waals surface area contributed by atoms with Crippen molar-refractivity contribution in [1.29, 1.82) is 0 Å². The van der Waals surface area contributed by atoms with Gasteiger partial charge in [-0.25, -0.2) is 4.39 Å². The third-order valence-corrected chi connectivity index (χ3v) is 3.49. The lowest BCUT2D eigenvalue weighted by atomic mass is 10.0. The molecule has 0 aliphatic heterocycles. The van der Waals surface area contributed by atoms with Crippen LogP contribution in [0.3, 0.4) is 0 Å². The Morgan fingerprint density at radius 3 is 2.65 bits per heavy atom. The van der Waals surface area contributed by atoms with E-state index < -0.39 is 6.04 Å². The van der Waals surface area contributed by atoms with Crippen LogP contribution < -0.4 is 5.73 Å². The Kier molecular flexibility index (Phi) is 3.20. The smallest absolute Gasteiger partial charge is 0.126 e. The summed E-state index contributed by atoms with van der Waals surface area (Å²) in [5.41, 5.74) is 9.19. The van der Waals surface area contributed by atoms with Crippen molar-refractivity contribution in [3.63, 3.8) is 0 Å². The average Bonchev–Trinajstić information content (AvgIpc) is 2.49. The fourth-order valence-electron chi connectivity index (χ4n) is 2.23. The molecular formula is C17H15FN2. The lowest BCUT2D eigenvalue weighted by molar-refractivity contribution is 0.614. The molecule has 0 saturated carbocycles. The van der Waals surface area contributed by atoms with Gasteiger partial charge in [0.25, 0.3) is 0 Å². The summed E-state index contributed by atoms with van der Waals surface area (Å²) in [5.74, 6) is -0.237. The molecule has 0 fully saturated rings. The number of benzene rings is 2. The standard InChI is InChI=1S/C17H15FN2/c1-11-6-7-13(10-14(11)18)17(19)16-9-8-12-4-2-3-5-15(12)20-16/h2-10,17H,19H2,1H3. The Hall–Kier alpha value is -2.26. The van der Waals surface area contributed by atoms with Crippen molar-refractivity contribution in [2.24, 2.45) is 5.73 Å². The van der Waals surface area contributed by atoms with Gasteiger partial charge in [-0.2, -0.15) is 0 Å². The van der Waals surface area contributed by atoms with Crippen LogP contribution in [0.1, 0.15) is 22.9 Å². The highest BCUT2D eigenvalue weighted by Crippen LogP contribution is 2.22. The summed E-state index contributed by atoms with van der Waals surface area (Å²) < 4.78 is 13.6. The fourth-order valence-corrected chi connectivity index (χ4v) is 2.23. The van der Waals surface area contributed by atoms with Gasteiger partial charge in [-0.15, -0.1) is 0 Å². The fraction of sp³-hybridized carbons (Fsp3) is 0.118. The van der Waals surface area contributed by atoms with Crippen molar-refractivity contribution in [3.05, 3.63) is 77.2 Å². The van der Waals surface area contributed by atoms with Gasteiger partial charge >= 0.3 is 0 Å². The van der Waals surface area contributed by atoms with Crippen molar-refractivity contribution < 1.29 is 4.39 Å². The van der Waals surface area contributed by atoms with Gasteiger partial charge in [-0.05, 0) is 36.2 Å². The van der Waals surface area contributed by atoms with Gasteiger partial charge in [0.1, 0.15) is 5.82 Å². The monoisotopic (exact) mass is 266 g/mol. The van der Waals surface area contributed by atoms with Crippen LogP contribution in [0.4, 0.5) is 4.39 Å². The Labute approximate surface area is 117 Å². The van der Waals surface area contributed by atoms with Crippen LogP contribution in [0.15, 0.2) is 54.6 Å². The maximum absolute atomic E-state index is 13.6. The summed E-state index contributed by atoms with van der Waals surface area (Å²) in [4.78, 5) is 4.56. The van der Waals surface area contributed by atoms with Crippen LogP contribution in [0.2, 0.25) is 0 Å². The van der Waals surface area contributed by atoms with E-state index in [1.54, 1.807) is 13.0 Å². The number of fused-ring (bicyclic) bond motifs is 1. The van der Waals surface area contributed by atoms with Gasteiger partial charge in [0.15, 0.2) is 0 Å². The number of halogens is 1. The number of hydrogen-bond acceptors (Lipinski definition) is 2. The first kappa shape index (κ1) is 12.8. The molecule has 1 atom stereocenters. The Morgan fingerprint density at radius 1 is 1.05 bits per heavy atom. The molecule has 3 heteroatoms. The van der Waals surface area contributed by atoms with Gasteiger partial charge in [0.2, 0.25) is 0 Å². The van der Waals surface area contributed by atoms with Crippen LogP contribution in [-0.4, -0.2) is 4.98 Å². The molecule has 1 aromatic heterocycles. The maximum Gasteiger partial charge on any atom is 0.126 e. The summed E-state index contributed by atoms with van der Waals surface area (Å²) in [6.45, 7) is 1.74. The summed E-state index contributed by atoms with van der Waals surface area (Å²) in [6, 6.07) is 16.4. The molecule has 0 aliphatic carbocycles. The van der Waals surface area contributed by atoms with Gasteiger partial charge in [0.05, 0.1) is 17.3 Å². The Balaban J connectivity index is 2.02. The number of hydrogen-bond donors (Lipinski definition) is 1. The molecule has 2 nitrogen and oxygen atoms in total. The molecule has 3 aromatic rings. The first-order valence-electron chi connectivity index (χ1n) is 6.52. The predicted octanol–water partition coefficient (Wildman–Crippen LogP) is 3.73. The minimum Gasteiger partial charge on any atom is -0.319 e. The Morgan fingerprint density at radius 2 is 1.85 bits per heavy atom.